The molecule has 1 aliphatic carbocycles. The van der Waals surface area contributed by atoms with Crippen molar-refractivity contribution in [2.24, 2.45) is 0 Å². The number of hydrazine groups is 1. The highest BCUT2D eigenvalue weighted by molar-refractivity contribution is 9.10. The van der Waals surface area contributed by atoms with Gasteiger partial charge in [0.25, 0.3) is 5.91 Å². The topological polar surface area (TPSA) is 150 Å². The predicted molar refractivity (Wildman–Crippen MR) is 146 cm³/mol. The predicted octanol–water partition coefficient (Wildman–Crippen LogP) is 3.61. The Balaban J connectivity index is 1.23. The number of halogens is 1. The second kappa shape index (κ2) is 11.0. The average Bonchev–Trinajstić information content (AvgIpc) is 3.48. The van der Waals surface area contributed by atoms with Crippen molar-refractivity contribution in [2.45, 2.75) is 18.4 Å². The van der Waals surface area contributed by atoms with Crippen LogP contribution in [0.15, 0.2) is 77.4 Å². The SMILES string of the molecule is O=C(NNC(=O)C(Cc1c[nH]c2ccc(Br)cc12)NC(=O)C(=O)O)OCC1c2ccccc2-c2ccccc21. The van der Waals surface area contributed by atoms with Crippen LogP contribution in [0.3, 0.4) is 0 Å². The fraction of sp³-hybridized carbons (Fsp3) is 0.143. The molecule has 0 aliphatic heterocycles. The summed E-state index contributed by atoms with van der Waals surface area (Å²) in [7, 11) is 0. The van der Waals surface area contributed by atoms with E-state index in [2.05, 4.69) is 37.1 Å². The largest absolute Gasteiger partial charge is 0.474 e. The summed E-state index contributed by atoms with van der Waals surface area (Å²) in [6, 6.07) is 20.0. The van der Waals surface area contributed by atoms with Crippen LogP contribution in [-0.4, -0.2) is 46.6 Å². The average molecular weight is 591 g/mol. The molecule has 0 fully saturated rings. The third-order valence-electron chi connectivity index (χ3n) is 6.60. The van der Waals surface area contributed by atoms with Crippen molar-refractivity contribution in [3.05, 3.63) is 94.1 Å². The third-order valence-corrected chi connectivity index (χ3v) is 7.09. The van der Waals surface area contributed by atoms with Crippen molar-refractivity contribution in [3.63, 3.8) is 0 Å². The van der Waals surface area contributed by atoms with Crippen molar-refractivity contribution < 1.29 is 29.0 Å². The van der Waals surface area contributed by atoms with Gasteiger partial charge in [0.05, 0.1) is 0 Å². The molecule has 0 spiro atoms. The minimum absolute atomic E-state index is 0.0341. The zero-order valence-corrected chi connectivity index (χ0v) is 21.9. The van der Waals surface area contributed by atoms with Gasteiger partial charge in [-0.2, -0.15) is 0 Å². The molecule has 198 valence electrons. The van der Waals surface area contributed by atoms with Crippen LogP contribution in [0.1, 0.15) is 22.6 Å². The van der Waals surface area contributed by atoms with E-state index < -0.39 is 29.9 Å². The number of nitrogens with one attached hydrogen (secondary N) is 4. The zero-order chi connectivity index (χ0) is 27.5. The number of carbonyl (C=O) groups is 4. The first kappa shape index (κ1) is 26.0. The van der Waals surface area contributed by atoms with Gasteiger partial charge >= 0.3 is 18.0 Å². The molecule has 3 amide bonds. The molecule has 4 aromatic rings. The Labute approximate surface area is 230 Å². The Hall–Kier alpha value is -4.64. The number of carboxylic acid groups (broad SMARTS) is 1. The van der Waals surface area contributed by atoms with Gasteiger partial charge in [0, 0.05) is 33.9 Å². The number of fused-ring (bicyclic) bond motifs is 4. The standard InChI is InChI=1S/C28H23BrN4O6/c29-16-9-10-23-21(12-16)15(13-30-23)11-24(31-26(35)27(36)37)25(34)32-33-28(38)39-14-22-19-7-3-1-5-17(19)18-6-2-4-8-20(18)22/h1-10,12-13,22,24,30H,11,14H2,(H,31,35)(H,32,34)(H,33,38)(H,36,37). The molecule has 1 heterocycles. The molecule has 5 rings (SSSR count). The number of amides is 3. The van der Waals surface area contributed by atoms with E-state index in [0.29, 0.717) is 5.56 Å². The third kappa shape index (κ3) is 5.48. The number of hydrogen-bond acceptors (Lipinski definition) is 5. The lowest BCUT2D eigenvalue weighted by molar-refractivity contribution is -0.151. The summed E-state index contributed by atoms with van der Waals surface area (Å²) in [5.74, 6) is -4.07. The molecule has 0 saturated heterocycles. The molecule has 0 saturated carbocycles. The molecular weight excluding hydrogens is 568 g/mol. The van der Waals surface area contributed by atoms with Gasteiger partial charge in [-0.05, 0) is 46.0 Å². The first-order valence-corrected chi connectivity index (χ1v) is 12.8. The Kier molecular flexibility index (Phi) is 7.33. The summed E-state index contributed by atoms with van der Waals surface area (Å²) in [6.45, 7) is 0.0408. The highest BCUT2D eigenvalue weighted by atomic mass is 79.9. The molecule has 11 heteroatoms. The van der Waals surface area contributed by atoms with Crippen LogP contribution >= 0.6 is 15.9 Å². The minimum Gasteiger partial charge on any atom is -0.474 e. The van der Waals surface area contributed by atoms with Crippen molar-refractivity contribution in [1.82, 2.24) is 21.2 Å². The van der Waals surface area contributed by atoms with Gasteiger partial charge in [0.15, 0.2) is 0 Å². The Morgan fingerprint density at radius 3 is 2.28 bits per heavy atom. The van der Waals surface area contributed by atoms with E-state index in [9.17, 15) is 19.2 Å². The molecule has 0 bridgehead atoms. The maximum Gasteiger partial charge on any atom is 0.426 e. The lowest BCUT2D eigenvalue weighted by Gasteiger charge is -2.18. The number of rotatable bonds is 6. The molecule has 39 heavy (non-hydrogen) atoms. The maximum atomic E-state index is 12.9. The Bertz CT molecular complexity index is 1550. The van der Waals surface area contributed by atoms with E-state index in [1.165, 1.54) is 0 Å². The van der Waals surface area contributed by atoms with Gasteiger partial charge < -0.3 is 20.1 Å². The van der Waals surface area contributed by atoms with E-state index >= 15 is 0 Å². The van der Waals surface area contributed by atoms with Gasteiger partial charge in [0.2, 0.25) is 0 Å². The van der Waals surface area contributed by atoms with Crippen molar-refractivity contribution in [1.29, 1.82) is 0 Å². The molecule has 1 aromatic heterocycles. The number of carbonyl (C=O) groups excluding carboxylic acids is 3. The Morgan fingerprint density at radius 1 is 0.949 bits per heavy atom. The van der Waals surface area contributed by atoms with Crippen LogP contribution in [0.4, 0.5) is 4.79 Å². The van der Waals surface area contributed by atoms with Crippen LogP contribution in [0.5, 0.6) is 0 Å². The monoisotopic (exact) mass is 590 g/mol. The number of carboxylic acids is 1. The van der Waals surface area contributed by atoms with Crippen molar-refractivity contribution in [3.8, 4) is 11.1 Å². The van der Waals surface area contributed by atoms with Crippen LogP contribution in [-0.2, 0) is 25.5 Å². The summed E-state index contributed by atoms with van der Waals surface area (Å²) in [6.07, 6.45) is 0.737. The second-order valence-corrected chi connectivity index (χ2v) is 9.89. The number of aliphatic carboxylic acids is 1. The number of aromatic nitrogens is 1. The highest BCUT2D eigenvalue weighted by Gasteiger charge is 2.30. The molecule has 1 aliphatic rings. The summed E-state index contributed by atoms with van der Waals surface area (Å²) >= 11 is 3.40. The first-order valence-electron chi connectivity index (χ1n) is 12.0. The summed E-state index contributed by atoms with van der Waals surface area (Å²) in [4.78, 5) is 51.5. The number of benzene rings is 3. The van der Waals surface area contributed by atoms with Crippen molar-refractivity contribution in [2.75, 3.05) is 6.61 Å². The van der Waals surface area contributed by atoms with Gasteiger partial charge in [-0.25, -0.2) is 15.0 Å². The quantitative estimate of drug-likeness (QED) is 0.171. The minimum atomic E-state index is -1.74. The van der Waals surface area contributed by atoms with Gasteiger partial charge in [-0.15, -0.1) is 0 Å². The van der Waals surface area contributed by atoms with Crippen LogP contribution < -0.4 is 16.2 Å². The smallest absolute Gasteiger partial charge is 0.426 e. The lowest BCUT2D eigenvalue weighted by atomic mass is 9.98. The van der Waals surface area contributed by atoms with E-state index in [4.69, 9.17) is 9.84 Å². The highest BCUT2D eigenvalue weighted by Crippen LogP contribution is 2.44. The van der Waals surface area contributed by atoms with Crippen LogP contribution in [0.2, 0.25) is 0 Å². The van der Waals surface area contributed by atoms with E-state index in [1.54, 1.807) is 6.20 Å². The van der Waals surface area contributed by atoms with E-state index in [1.807, 2.05) is 66.7 Å². The number of ether oxygens (including phenoxy) is 1. The summed E-state index contributed by atoms with van der Waals surface area (Å²) in [5.41, 5.74) is 10.1. The number of H-pyrrole nitrogens is 1. The van der Waals surface area contributed by atoms with Crippen LogP contribution in [0, 0.1) is 0 Å². The maximum absolute atomic E-state index is 12.9. The van der Waals surface area contributed by atoms with Gasteiger partial charge in [-0.1, -0.05) is 64.5 Å². The molecule has 1 atom stereocenters. The summed E-state index contributed by atoms with van der Waals surface area (Å²) < 4.78 is 6.22. The fourth-order valence-electron chi connectivity index (χ4n) is 4.80. The normalized spacial score (nSPS) is 12.7. The zero-order valence-electron chi connectivity index (χ0n) is 20.4. The summed E-state index contributed by atoms with van der Waals surface area (Å²) in [5, 5.41) is 12.0. The van der Waals surface area contributed by atoms with Crippen molar-refractivity contribution >= 4 is 50.7 Å². The number of aromatic amines is 1. The fourth-order valence-corrected chi connectivity index (χ4v) is 5.16. The molecule has 5 N–H and O–H groups in total. The first-order chi connectivity index (χ1) is 18.8. The van der Waals surface area contributed by atoms with E-state index in [0.717, 1.165) is 37.6 Å². The number of hydrogen-bond donors (Lipinski definition) is 5. The van der Waals surface area contributed by atoms with Crippen LogP contribution in [0.25, 0.3) is 22.0 Å². The second-order valence-electron chi connectivity index (χ2n) is 8.98. The molecule has 0 radical (unpaired) electrons. The van der Waals surface area contributed by atoms with Gasteiger partial charge in [-0.3, -0.25) is 15.0 Å². The Morgan fingerprint density at radius 2 is 1.62 bits per heavy atom. The molecular formula is C28H23BrN4O6. The molecule has 10 nitrogen and oxygen atoms in total. The molecule has 1 unspecified atom stereocenters. The molecule has 3 aromatic carbocycles. The van der Waals surface area contributed by atoms with E-state index in [-0.39, 0.29) is 18.9 Å². The lowest BCUT2D eigenvalue weighted by Crippen LogP contribution is -2.54. The van der Waals surface area contributed by atoms with Gasteiger partial charge in [0.1, 0.15) is 12.6 Å².